The van der Waals surface area contributed by atoms with Crippen LogP contribution in [0.1, 0.15) is 80.7 Å². The smallest absolute Gasteiger partial charge is 0.352 e. The third-order valence-electron chi connectivity index (χ3n) is 7.67. The Hall–Kier alpha value is -4.46. The molecule has 290 valence electrons. The molecule has 1 unspecified atom stereocenters. The van der Waals surface area contributed by atoms with Crippen LogP contribution in [-0.2, 0) is 32.1 Å². The number of rotatable bonds is 18. The van der Waals surface area contributed by atoms with Crippen LogP contribution in [0.15, 0.2) is 76.5 Å². The zero-order chi connectivity index (χ0) is 39.5. The summed E-state index contributed by atoms with van der Waals surface area (Å²) in [6, 6.07) is 12.0. The maximum absolute atomic E-state index is 13.2. The number of amides is 3. The van der Waals surface area contributed by atoms with E-state index in [0.717, 1.165) is 0 Å². The number of hydrogen-bond acceptors (Lipinski definition) is 6. The fourth-order valence-corrected chi connectivity index (χ4v) is 6.58. The van der Waals surface area contributed by atoms with Crippen molar-refractivity contribution in [2.75, 3.05) is 26.2 Å². The number of hydrogen-bond donors (Lipinski definition) is 5. The Morgan fingerprint density at radius 1 is 0.566 bits per heavy atom. The molecule has 3 rings (SSSR count). The fraction of sp³-hybridized carbons (Fsp3) is 0.353. The number of alkyl halides is 6. The second kappa shape index (κ2) is 18.5. The number of halogens is 6. The number of nitrogens with one attached hydrogen (secondary N) is 4. The first-order valence-electron chi connectivity index (χ1n) is 16.2. The van der Waals surface area contributed by atoms with E-state index in [1.165, 1.54) is 30.3 Å². The van der Waals surface area contributed by atoms with Gasteiger partial charge in [0, 0.05) is 47.8 Å². The van der Waals surface area contributed by atoms with Gasteiger partial charge in [-0.2, -0.15) is 26.3 Å². The highest BCUT2D eigenvalue weighted by molar-refractivity contribution is 7.98. The van der Waals surface area contributed by atoms with Gasteiger partial charge >= 0.3 is 12.4 Å². The molecule has 0 saturated carbocycles. The first-order valence-corrected chi connectivity index (χ1v) is 19.4. The molecule has 3 aromatic carbocycles. The van der Waals surface area contributed by atoms with Gasteiger partial charge in [-0.25, -0.2) is 22.5 Å². The monoisotopic (exact) mass is 791 g/mol. The topological polar surface area (TPSA) is 177 Å². The molecule has 0 radical (unpaired) electrons. The number of sulfonamides is 1. The van der Waals surface area contributed by atoms with Crippen molar-refractivity contribution in [2.45, 2.75) is 60.7 Å². The molecule has 3 aromatic rings. The summed E-state index contributed by atoms with van der Waals surface area (Å²) in [6.07, 6.45) is -6.97. The van der Waals surface area contributed by atoms with E-state index in [4.69, 9.17) is 5.14 Å². The van der Waals surface area contributed by atoms with E-state index in [0.29, 0.717) is 63.7 Å². The van der Waals surface area contributed by atoms with Crippen molar-refractivity contribution in [3.05, 3.63) is 94.5 Å². The second-order valence-corrected chi connectivity index (χ2v) is 15.5. The van der Waals surface area contributed by atoms with Crippen molar-refractivity contribution >= 4 is 43.3 Å². The Morgan fingerprint density at radius 3 is 1.49 bits per heavy atom. The van der Waals surface area contributed by atoms with Crippen molar-refractivity contribution in [2.24, 2.45) is 5.14 Å². The highest BCUT2D eigenvalue weighted by Gasteiger charge is 2.37. The van der Waals surface area contributed by atoms with Gasteiger partial charge in [-0.1, -0.05) is 12.5 Å². The van der Waals surface area contributed by atoms with Gasteiger partial charge in [0.15, 0.2) is 0 Å². The third-order valence-corrected chi connectivity index (χ3v) is 10.3. The van der Waals surface area contributed by atoms with Crippen molar-refractivity contribution < 1.29 is 53.4 Å². The van der Waals surface area contributed by atoms with E-state index >= 15 is 0 Å². The molecule has 0 spiro atoms. The normalized spacial score (nSPS) is 13.2. The molecule has 19 heteroatoms. The van der Waals surface area contributed by atoms with Gasteiger partial charge in [-0.05, 0) is 98.6 Å². The maximum Gasteiger partial charge on any atom is 0.416 e. The molecule has 53 heavy (non-hydrogen) atoms. The Bertz CT molecular complexity index is 1940. The van der Waals surface area contributed by atoms with Gasteiger partial charge in [0.25, 0.3) is 17.7 Å². The van der Waals surface area contributed by atoms with E-state index in [9.17, 15) is 53.4 Å². The van der Waals surface area contributed by atoms with E-state index < -0.39 is 54.7 Å². The molecule has 0 saturated heterocycles. The molecular weight excluding hydrogens is 753 g/mol. The lowest BCUT2D eigenvalue weighted by molar-refractivity contribution is -0.143. The van der Waals surface area contributed by atoms with Gasteiger partial charge < -0.3 is 16.0 Å². The predicted molar refractivity (Wildman–Crippen MR) is 187 cm³/mol. The van der Waals surface area contributed by atoms with Gasteiger partial charge in [0.05, 0.1) is 25.7 Å². The standard InChI is InChI=1S/C34H39F6N5O6S2/c1-52(49,45-18-7-3-6-17-44-32(48)25-19-26(33(35,36)37)22-27(20-25)34(38,39)40)29-10-8-9-24(21-29)31(47)43-16-5-2-4-15-42-30(46)23-11-13-28(14-12-23)53(41,50)51/h8-14,19-22H,1-7,15-18H2,(H,42,46)(H,43,47)(H,44,48)(H,45,49)(H2,41,50,51). The zero-order valence-corrected chi connectivity index (χ0v) is 29.9. The van der Waals surface area contributed by atoms with Crippen LogP contribution < -0.4 is 25.8 Å². The van der Waals surface area contributed by atoms with E-state index in [2.05, 4.69) is 26.5 Å². The molecule has 3 amide bonds. The maximum atomic E-state index is 13.2. The minimum absolute atomic E-state index is 0.0218. The van der Waals surface area contributed by atoms with Gasteiger partial charge in [0.1, 0.15) is 0 Å². The molecule has 0 aliphatic rings. The van der Waals surface area contributed by atoms with Crippen LogP contribution in [0.5, 0.6) is 0 Å². The summed E-state index contributed by atoms with van der Waals surface area (Å²) in [7, 11) is -6.87. The minimum Gasteiger partial charge on any atom is -0.352 e. The van der Waals surface area contributed by atoms with Crippen molar-refractivity contribution in [1.29, 1.82) is 0 Å². The number of primary sulfonamides is 1. The molecule has 0 bridgehead atoms. The summed E-state index contributed by atoms with van der Waals surface area (Å²) >= 11 is 0. The highest BCUT2D eigenvalue weighted by atomic mass is 32.2. The van der Waals surface area contributed by atoms with Crippen molar-refractivity contribution in [3.63, 3.8) is 0 Å². The Morgan fingerprint density at radius 2 is 1.02 bits per heavy atom. The van der Waals surface area contributed by atoms with Gasteiger partial charge in [-0.15, -0.1) is 0 Å². The molecule has 0 heterocycles. The summed E-state index contributed by atoms with van der Waals surface area (Å²) < 4.78 is 117. The van der Waals surface area contributed by atoms with Crippen LogP contribution in [0, 0.1) is 0 Å². The number of carbonyl (C=O) groups is 3. The lowest BCUT2D eigenvalue weighted by Crippen LogP contribution is -2.27. The summed E-state index contributed by atoms with van der Waals surface area (Å²) in [5.41, 5.74) is -3.39. The summed E-state index contributed by atoms with van der Waals surface area (Å²) in [5.74, 6) is 1.90. The number of unbranched alkanes of at least 4 members (excludes halogenated alkanes) is 4. The molecule has 1 atom stereocenters. The molecule has 0 aliphatic carbocycles. The zero-order valence-electron chi connectivity index (χ0n) is 28.2. The van der Waals surface area contributed by atoms with Crippen LogP contribution in [0.2, 0.25) is 0 Å². The quantitative estimate of drug-likeness (QED) is 0.0697. The van der Waals surface area contributed by atoms with Crippen LogP contribution in [0.25, 0.3) is 0 Å². The molecule has 0 aliphatic heterocycles. The van der Waals surface area contributed by atoms with Crippen molar-refractivity contribution in [1.82, 2.24) is 20.7 Å². The average Bonchev–Trinajstić information content (AvgIpc) is 3.09. The van der Waals surface area contributed by atoms with Crippen molar-refractivity contribution in [3.8, 4) is 0 Å². The Labute approximate surface area is 303 Å². The van der Waals surface area contributed by atoms with E-state index in [1.54, 1.807) is 18.2 Å². The molecular formula is C34H39F6N5O6S2. The predicted octanol–water partition coefficient (Wildman–Crippen LogP) is 4.88. The fourth-order valence-electron chi connectivity index (χ4n) is 4.81. The van der Waals surface area contributed by atoms with Gasteiger partial charge in [0.2, 0.25) is 10.0 Å². The van der Waals surface area contributed by atoms with Crippen LogP contribution in [0.4, 0.5) is 26.3 Å². The Kier molecular flexibility index (Phi) is 15.0. The third kappa shape index (κ3) is 13.8. The van der Waals surface area contributed by atoms with E-state index in [1.807, 2.05) is 0 Å². The largest absolute Gasteiger partial charge is 0.416 e. The first kappa shape index (κ1) is 42.9. The lowest BCUT2D eigenvalue weighted by Gasteiger charge is -2.14. The van der Waals surface area contributed by atoms with Crippen LogP contribution in [0.3, 0.4) is 0 Å². The van der Waals surface area contributed by atoms with E-state index in [-0.39, 0.29) is 51.9 Å². The Balaban J connectivity index is 1.34. The number of carbonyl (C=O) groups excluding carboxylic acids is 3. The number of benzene rings is 3. The first-order chi connectivity index (χ1) is 24.7. The summed E-state index contributed by atoms with van der Waals surface area (Å²) in [5, 5.41) is 12.9. The second-order valence-electron chi connectivity index (χ2n) is 11.9. The summed E-state index contributed by atoms with van der Waals surface area (Å²) in [4.78, 5) is 37.4. The molecule has 6 N–H and O–H groups in total. The highest BCUT2D eigenvalue weighted by Crippen LogP contribution is 2.36. The summed E-state index contributed by atoms with van der Waals surface area (Å²) in [6.45, 7) is 0.914. The molecule has 11 nitrogen and oxygen atoms in total. The van der Waals surface area contributed by atoms with Gasteiger partial charge in [-0.3, -0.25) is 14.4 Å². The van der Waals surface area contributed by atoms with Crippen LogP contribution >= 0.6 is 0 Å². The minimum atomic E-state index is -5.07. The average molecular weight is 792 g/mol. The SMILES string of the molecule is C=S(=O)(NCCCCCNC(=O)c1cc(C(F)(F)F)cc(C(F)(F)F)c1)c1cccc(C(=O)NCCCCCNC(=O)c2ccc(S(N)(=O)=O)cc2)c1. The lowest BCUT2D eigenvalue weighted by atomic mass is 10.0. The molecule has 0 fully saturated rings. The van der Waals surface area contributed by atoms with Crippen LogP contribution in [-0.4, -0.2) is 62.4 Å². The number of nitrogens with two attached hydrogens (primary N) is 1. The molecule has 0 aromatic heterocycles.